The van der Waals surface area contributed by atoms with Crippen molar-refractivity contribution in [3.05, 3.63) is 45.7 Å². The lowest BCUT2D eigenvalue weighted by molar-refractivity contribution is 0.639. The van der Waals surface area contributed by atoms with Crippen LogP contribution in [0.4, 0.5) is 4.39 Å². The fourth-order valence-corrected chi connectivity index (χ4v) is 3.39. The minimum atomic E-state index is -0.385. The number of hydrogen-bond donors (Lipinski definition) is 0. The van der Waals surface area contributed by atoms with Gasteiger partial charge in [0.1, 0.15) is 11.0 Å². The van der Waals surface area contributed by atoms with E-state index in [9.17, 15) is 4.39 Å². The minimum Gasteiger partial charge on any atom is -0.227 e. The number of hydrogen-bond acceptors (Lipinski definition) is 3. The fraction of sp³-hybridized carbons (Fsp3) is 0.200. The van der Waals surface area contributed by atoms with Crippen molar-refractivity contribution in [2.45, 2.75) is 20.3 Å². The molecule has 0 aliphatic carbocycles. The van der Waals surface area contributed by atoms with Crippen molar-refractivity contribution in [2.75, 3.05) is 0 Å². The summed E-state index contributed by atoms with van der Waals surface area (Å²) in [6, 6.07) is 5.16. The van der Waals surface area contributed by atoms with Crippen LogP contribution in [0.15, 0.2) is 23.6 Å². The zero-order valence-electron chi connectivity index (χ0n) is 11.1. The molecule has 0 unspecified atom stereocenters. The number of nitrogens with zero attached hydrogens (tertiary/aromatic N) is 2. The quantitative estimate of drug-likeness (QED) is 0.621. The molecule has 0 saturated carbocycles. The summed E-state index contributed by atoms with van der Waals surface area (Å²) in [5.74, 6) is 0.187. The molecule has 0 bridgehead atoms. The van der Waals surface area contributed by atoms with Crippen molar-refractivity contribution in [1.29, 1.82) is 0 Å². The second kappa shape index (κ2) is 5.11. The lowest BCUT2D eigenvalue weighted by Gasteiger charge is -2.07. The highest BCUT2D eigenvalue weighted by atomic mass is 35.5. The summed E-state index contributed by atoms with van der Waals surface area (Å²) in [4.78, 5) is 9.80. The number of thiophene rings is 1. The molecule has 0 saturated heterocycles. The molecule has 0 aliphatic heterocycles. The highest BCUT2D eigenvalue weighted by molar-refractivity contribution is 7.13. The Morgan fingerprint density at radius 3 is 2.80 bits per heavy atom. The molecule has 0 N–H and O–H groups in total. The average Bonchev–Trinajstić information content (AvgIpc) is 2.91. The number of aromatic nitrogens is 2. The SMILES string of the molecule is CCc1ccsc1-c1nc(Cl)c2c(F)ccc(C)c2n1. The first-order valence-electron chi connectivity index (χ1n) is 6.31. The highest BCUT2D eigenvalue weighted by Gasteiger charge is 2.15. The van der Waals surface area contributed by atoms with E-state index < -0.39 is 0 Å². The van der Waals surface area contributed by atoms with Gasteiger partial charge in [-0.1, -0.05) is 24.6 Å². The summed E-state index contributed by atoms with van der Waals surface area (Å²) in [6.45, 7) is 3.98. The third kappa shape index (κ3) is 2.09. The van der Waals surface area contributed by atoms with Gasteiger partial charge in [0, 0.05) is 0 Å². The molecule has 20 heavy (non-hydrogen) atoms. The second-order valence-corrected chi connectivity index (χ2v) is 5.83. The van der Waals surface area contributed by atoms with Gasteiger partial charge < -0.3 is 0 Å². The standard InChI is InChI=1S/C15H12ClFN2S/c1-3-9-6-7-20-13(9)15-18-12-8(2)4-5-10(17)11(12)14(16)19-15/h4-7H,3H2,1-2H3. The van der Waals surface area contributed by atoms with Gasteiger partial charge in [0.25, 0.3) is 0 Å². The summed E-state index contributed by atoms with van der Waals surface area (Å²) in [6.07, 6.45) is 0.903. The van der Waals surface area contributed by atoms with Crippen molar-refractivity contribution in [2.24, 2.45) is 0 Å². The summed E-state index contributed by atoms with van der Waals surface area (Å²) in [7, 11) is 0. The van der Waals surface area contributed by atoms with E-state index in [-0.39, 0.29) is 11.0 Å². The monoisotopic (exact) mass is 306 g/mol. The van der Waals surface area contributed by atoms with Gasteiger partial charge in [-0.2, -0.15) is 0 Å². The number of benzene rings is 1. The Morgan fingerprint density at radius 1 is 1.25 bits per heavy atom. The lowest BCUT2D eigenvalue weighted by atomic mass is 10.1. The first-order valence-corrected chi connectivity index (χ1v) is 7.56. The molecule has 0 fully saturated rings. The Kier molecular flexibility index (Phi) is 3.44. The molecular weight excluding hydrogens is 295 g/mol. The molecule has 102 valence electrons. The van der Waals surface area contributed by atoms with Crippen LogP contribution in [-0.2, 0) is 6.42 Å². The molecule has 0 aliphatic rings. The zero-order chi connectivity index (χ0) is 14.3. The zero-order valence-corrected chi connectivity index (χ0v) is 12.6. The van der Waals surface area contributed by atoms with Gasteiger partial charge in [-0.05, 0) is 42.0 Å². The maximum Gasteiger partial charge on any atom is 0.171 e. The molecule has 3 rings (SSSR count). The van der Waals surface area contributed by atoms with Crippen LogP contribution in [-0.4, -0.2) is 9.97 Å². The van der Waals surface area contributed by atoms with E-state index >= 15 is 0 Å². The number of halogens is 2. The summed E-state index contributed by atoms with van der Waals surface area (Å²) < 4.78 is 13.9. The van der Waals surface area contributed by atoms with Gasteiger partial charge >= 0.3 is 0 Å². The normalized spacial score (nSPS) is 11.2. The summed E-state index contributed by atoms with van der Waals surface area (Å²) in [5.41, 5.74) is 2.65. The van der Waals surface area contributed by atoms with Gasteiger partial charge in [0.15, 0.2) is 5.82 Å². The lowest BCUT2D eigenvalue weighted by Crippen LogP contribution is -1.96. The van der Waals surface area contributed by atoms with Crippen LogP contribution in [0.2, 0.25) is 5.15 Å². The first-order chi connectivity index (χ1) is 9.61. The molecule has 0 spiro atoms. The second-order valence-electron chi connectivity index (χ2n) is 4.55. The molecule has 2 aromatic heterocycles. The van der Waals surface area contributed by atoms with Crippen LogP contribution >= 0.6 is 22.9 Å². The van der Waals surface area contributed by atoms with E-state index in [4.69, 9.17) is 11.6 Å². The van der Waals surface area contributed by atoms with E-state index in [0.717, 1.165) is 16.9 Å². The minimum absolute atomic E-state index is 0.168. The predicted molar refractivity (Wildman–Crippen MR) is 81.9 cm³/mol. The van der Waals surface area contributed by atoms with Crippen molar-refractivity contribution in [1.82, 2.24) is 9.97 Å². The molecule has 0 atom stereocenters. The Balaban J connectivity index is 2.32. The molecular formula is C15H12ClFN2S. The number of aryl methyl sites for hydroxylation is 2. The van der Waals surface area contributed by atoms with Gasteiger partial charge in [-0.15, -0.1) is 11.3 Å². The largest absolute Gasteiger partial charge is 0.227 e. The van der Waals surface area contributed by atoms with E-state index in [2.05, 4.69) is 23.0 Å². The molecule has 3 aromatic rings. The number of rotatable bonds is 2. The summed E-state index contributed by atoms with van der Waals surface area (Å²) in [5, 5.41) is 2.47. The van der Waals surface area contributed by atoms with Crippen molar-refractivity contribution >= 4 is 33.8 Å². The van der Waals surface area contributed by atoms with Gasteiger partial charge in [0.2, 0.25) is 0 Å². The fourth-order valence-electron chi connectivity index (χ4n) is 2.20. The molecule has 0 radical (unpaired) electrons. The molecule has 2 nitrogen and oxygen atoms in total. The maximum absolute atomic E-state index is 13.9. The van der Waals surface area contributed by atoms with Crippen molar-refractivity contribution in [3.8, 4) is 10.7 Å². The third-order valence-electron chi connectivity index (χ3n) is 3.29. The Hall–Kier alpha value is -1.52. The van der Waals surface area contributed by atoms with E-state index in [0.29, 0.717) is 16.7 Å². The Labute approximate surface area is 125 Å². The average molecular weight is 307 g/mol. The smallest absolute Gasteiger partial charge is 0.171 e. The van der Waals surface area contributed by atoms with Crippen molar-refractivity contribution < 1.29 is 4.39 Å². The van der Waals surface area contributed by atoms with Crippen LogP contribution in [0.25, 0.3) is 21.6 Å². The van der Waals surface area contributed by atoms with Crippen LogP contribution in [0, 0.1) is 12.7 Å². The van der Waals surface area contributed by atoms with Crippen LogP contribution in [0.1, 0.15) is 18.1 Å². The summed E-state index contributed by atoms with van der Waals surface area (Å²) >= 11 is 7.74. The van der Waals surface area contributed by atoms with E-state index in [1.807, 2.05) is 12.3 Å². The van der Waals surface area contributed by atoms with Crippen molar-refractivity contribution in [3.63, 3.8) is 0 Å². The van der Waals surface area contributed by atoms with Crippen LogP contribution in [0.5, 0.6) is 0 Å². The van der Waals surface area contributed by atoms with Gasteiger partial charge in [-0.3, -0.25) is 0 Å². The van der Waals surface area contributed by atoms with Crippen LogP contribution < -0.4 is 0 Å². The third-order valence-corrected chi connectivity index (χ3v) is 4.51. The first kappa shape index (κ1) is 13.5. The Bertz CT molecular complexity index is 798. The molecule has 0 amide bonds. The predicted octanol–water partition coefficient (Wildman–Crippen LogP) is 5.02. The molecule has 5 heteroatoms. The molecule has 2 heterocycles. The highest BCUT2D eigenvalue weighted by Crippen LogP contribution is 2.32. The van der Waals surface area contributed by atoms with E-state index in [1.54, 1.807) is 17.4 Å². The Morgan fingerprint density at radius 2 is 2.05 bits per heavy atom. The molecule has 1 aromatic carbocycles. The van der Waals surface area contributed by atoms with Crippen LogP contribution in [0.3, 0.4) is 0 Å². The number of fused-ring (bicyclic) bond motifs is 1. The maximum atomic E-state index is 13.9. The van der Waals surface area contributed by atoms with Gasteiger partial charge in [-0.25, -0.2) is 14.4 Å². The topological polar surface area (TPSA) is 25.8 Å². The van der Waals surface area contributed by atoms with Gasteiger partial charge in [0.05, 0.1) is 15.8 Å². The van der Waals surface area contributed by atoms with E-state index in [1.165, 1.54) is 11.6 Å².